The number of phenols is 1. The van der Waals surface area contributed by atoms with Crippen molar-refractivity contribution in [1.29, 1.82) is 0 Å². The van der Waals surface area contributed by atoms with E-state index >= 15 is 0 Å². The number of hydrogen-bond acceptors (Lipinski definition) is 5. The third-order valence-corrected chi connectivity index (χ3v) is 3.65. The number of aryl methyl sites for hydroxylation is 1. The molecular weight excluding hydrogens is 254 g/mol. The molecule has 2 aromatic rings. The average molecular weight is 273 g/mol. The summed E-state index contributed by atoms with van der Waals surface area (Å²) in [5.74, 6) is 1.18. The van der Waals surface area contributed by atoms with Gasteiger partial charge in [-0.3, -0.25) is 4.90 Å². The molecule has 0 radical (unpaired) electrons. The zero-order valence-corrected chi connectivity index (χ0v) is 11.6. The highest BCUT2D eigenvalue weighted by Crippen LogP contribution is 2.20. The summed E-state index contributed by atoms with van der Waals surface area (Å²) in [7, 11) is 0. The van der Waals surface area contributed by atoms with Crippen LogP contribution in [-0.4, -0.2) is 41.3 Å². The molecule has 0 spiro atoms. The lowest BCUT2D eigenvalue weighted by Gasteiger charge is -2.35. The summed E-state index contributed by atoms with van der Waals surface area (Å²) >= 11 is 0. The van der Waals surface area contributed by atoms with Crippen molar-refractivity contribution in [3.63, 3.8) is 0 Å². The Morgan fingerprint density at radius 1 is 1.15 bits per heavy atom. The van der Waals surface area contributed by atoms with Crippen LogP contribution in [0.5, 0.6) is 5.75 Å². The number of phenolic OH excluding ortho intramolecular Hbond substituents is 1. The molecule has 1 aliphatic rings. The van der Waals surface area contributed by atoms with Crippen LogP contribution in [0, 0.1) is 6.92 Å². The highest BCUT2D eigenvalue weighted by molar-refractivity contribution is 5.49. The second-order valence-electron chi connectivity index (χ2n) is 5.21. The van der Waals surface area contributed by atoms with E-state index < -0.39 is 0 Å². The Hall–Kier alpha value is -2.01. The lowest BCUT2D eigenvalue weighted by molar-refractivity contribution is 0.241. The van der Waals surface area contributed by atoms with E-state index in [9.17, 15) is 5.11 Å². The molecule has 0 amide bonds. The summed E-state index contributed by atoms with van der Waals surface area (Å²) in [5.41, 5.74) is 2.17. The van der Waals surface area contributed by atoms with E-state index in [1.165, 1.54) is 5.69 Å². The van der Waals surface area contributed by atoms with E-state index in [1.54, 1.807) is 12.1 Å². The second-order valence-corrected chi connectivity index (χ2v) is 5.21. The SMILES string of the molecule is Cc1cc(CN2CCN(c3ccc(O)cc3)CC2)no1. The molecule has 1 fully saturated rings. The molecule has 106 valence electrons. The summed E-state index contributed by atoms with van der Waals surface area (Å²) in [5, 5.41) is 13.4. The van der Waals surface area contributed by atoms with Gasteiger partial charge in [0.05, 0.1) is 5.69 Å². The predicted molar refractivity (Wildman–Crippen MR) is 76.8 cm³/mol. The maximum absolute atomic E-state index is 9.32. The number of benzene rings is 1. The zero-order chi connectivity index (χ0) is 13.9. The molecule has 1 aliphatic heterocycles. The van der Waals surface area contributed by atoms with E-state index in [2.05, 4.69) is 15.0 Å². The van der Waals surface area contributed by atoms with Crippen molar-refractivity contribution in [3.8, 4) is 5.75 Å². The fourth-order valence-corrected chi connectivity index (χ4v) is 2.55. The van der Waals surface area contributed by atoms with Gasteiger partial charge in [0.1, 0.15) is 11.5 Å². The van der Waals surface area contributed by atoms with Gasteiger partial charge in [0.25, 0.3) is 0 Å². The molecule has 0 atom stereocenters. The van der Waals surface area contributed by atoms with Crippen molar-refractivity contribution in [2.24, 2.45) is 0 Å². The molecule has 1 saturated heterocycles. The smallest absolute Gasteiger partial charge is 0.133 e. The van der Waals surface area contributed by atoms with Crippen LogP contribution in [0.1, 0.15) is 11.5 Å². The first kappa shape index (κ1) is 13.0. The van der Waals surface area contributed by atoms with E-state index in [0.29, 0.717) is 5.75 Å². The summed E-state index contributed by atoms with van der Waals surface area (Å²) in [6, 6.07) is 9.39. The summed E-state index contributed by atoms with van der Waals surface area (Å²) in [4.78, 5) is 4.72. The molecular formula is C15H19N3O2. The summed E-state index contributed by atoms with van der Waals surface area (Å²) < 4.78 is 5.10. The number of hydrogen-bond donors (Lipinski definition) is 1. The third kappa shape index (κ3) is 2.93. The molecule has 5 heteroatoms. The standard InChI is InChI=1S/C15H19N3O2/c1-12-10-13(16-20-12)11-17-6-8-18(9-7-17)14-2-4-15(19)5-3-14/h2-5,10,19H,6-9,11H2,1H3. The Bertz CT molecular complexity index is 557. The molecule has 1 aromatic carbocycles. The van der Waals surface area contributed by atoms with Crippen LogP contribution in [0.4, 0.5) is 5.69 Å². The number of rotatable bonds is 3. The molecule has 1 N–H and O–H groups in total. The van der Waals surface area contributed by atoms with Gasteiger partial charge < -0.3 is 14.5 Å². The van der Waals surface area contributed by atoms with Gasteiger partial charge in [-0.2, -0.15) is 0 Å². The monoisotopic (exact) mass is 273 g/mol. The van der Waals surface area contributed by atoms with Crippen molar-refractivity contribution in [3.05, 3.63) is 41.8 Å². The van der Waals surface area contributed by atoms with Crippen molar-refractivity contribution in [2.75, 3.05) is 31.1 Å². The maximum atomic E-state index is 9.32. The largest absolute Gasteiger partial charge is 0.508 e. The lowest BCUT2D eigenvalue weighted by atomic mass is 10.2. The normalized spacial score (nSPS) is 16.6. The quantitative estimate of drug-likeness (QED) is 0.927. The number of anilines is 1. The molecule has 20 heavy (non-hydrogen) atoms. The van der Waals surface area contributed by atoms with Crippen molar-refractivity contribution in [2.45, 2.75) is 13.5 Å². The first-order valence-corrected chi connectivity index (χ1v) is 6.89. The number of nitrogens with zero attached hydrogens (tertiary/aromatic N) is 3. The van der Waals surface area contributed by atoms with Gasteiger partial charge >= 0.3 is 0 Å². The molecule has 0 bridgehead atoms. The van der Waals surface area contributed by atoms with Crippen LogP contribution < -0.4 is 4.90 Å². The van der Waals surface area contributed by atoms with Gasteiger partial charge in [0.15, 0.2) is 0 Å². The van der Waals surface area contributed by atoms with Gasteiger partial charge in [0.2, 0.25) is 0 Å². The summed E-state index contributed by atoms with van der Waals surface area (Å²) in [6.07, 6.45) is 0. The van der Waals surface area contributed by atoms with Gasteiger partial charge in [-0.1, -0.05) is 5.16 Å². The Balaban J connectivity index is 1.55. The molecule has 2 heterocycles. The van der Waals surface area contributed by atoms with E-state index in [1.807, 2.05) is 25.1 Å². The minimum atomic E-state index is 0.314. The first-order valence-electron chi connectivity index (χ1n) is 6.89. The van der Waals surface area contributed by atoms with Crippen LogP contribution in [-0.2, 0) is 6.54 Å². The van der Waals surface area contributed by atoms with Crippen LogP contribution in [0.15, 0.2) is 34.9 Å². The van der Waals surface area contributed by atoms with E-state index in [0.717, 1.165) is 44.2 Å². The van der Waals surface area contributed by atoms with Crippen molar-refractivity contribution in [1.82, 2.24) is 10.1 Å². The molecule has 5 nitrogen and oxygen atoms in total. The second kappa shape index (κ2) is 5.54. The van der Waals surface area contributed by atoms with Crippen LogP contribution >= 0.6 is 0 Å². The predicted octanol–water partition coefficient (Wildman–Crippen LogP) is 2.01. The molecule has 0 unspecified atom stereocenters. The fourth-order valence-electron chi connectivity index (χ4n) is 2.55. The Morgan fingerprint density at radius 2 is 1.85 bits per heavy atom. The van der Waals surface area contributed by atoms with Crippen molar-refractivity contribution >= 4 is 5.69 Å². The lowest BCUT2D eigenvalue weighted by Crippen LogP contribution is -2.46. The fraction of sp³-hybridized carbons (Fsp3) is 0.400. The van der Waals surface area contributed by atoms with Crippen LogP contribution in [0.3, 0.4) is 0 Å². The molecule has 3 rings (SSSR count). The highest BCUT2D eigenvalue weighted by atomic mass is 16.5. The minimum absolute atomic E-state index is 0.314. The topological polar surface area (TPSA) is 52.7 Å². The Labute approximate surface area is 118 Å². The average Bonchev–Trinajstić information content (AvgIpc) is 2.86. The minimum Gasteiger partial charge on any atom is -0.508 e. The Kier molecular flexibility index (Phi) is 3.60. The first-order chi connectivity index (χ1) is 9.70. The molecule has 0 saturated carbocycles. The number of aromatic nitrogens is 1. The van der Waals surface area contributed by atoms with Gasteiger partial charge in [-0.15, -0.1) is 0 Å². The van der Waals surface area contributed by atoms with Gasteiger partial charge in [-0.05, 0) is 31.2 Å². The number of aromatic hydroxyl groups is 1. The Morgan fingerprint density at radius 3 is 2.45 bits per heavy atom. The maximum Gasteiger partial charge on any atom is 0.133 e. The van der Waals surface area contributed by atoms with Gasteiger partial charge in [-0.25, -0.2) is 0 Å². The highest BCUT2D eigenvalue weighted by Gasteiger charge is 2.18. The third-order valence-electron chi connectivity index (χ3n) is 3.65. The van der Waals surface area contributed by atoms with E-state index in [-0.39, 0.29) is 0 Å². The summed E-state index contributed by atoms with van der Waals surface area (Å²) in [6.45, 7) is 6.75. The molecule has 1 aromatic heterocycles. The van der Waals surface area contributed by atoms with E-state index in [4.69, 9.17) is 4.52 Å². The van der Waals surface area contributed by atoms with Crippen molar-refractivity contribution < 1.29 is 9.63 Å². The van der Waals surface area contributed by atoms with Crippen LogP contribution in [0.2, 0.25) is 0 Å². The van der Waals surface area contributed by atoms with Gasteiger partial charge in [0, 0.05) is 44.5 Å². The zero-order valence-electron chi connectivity index (χ0n) is 11.6. The van der Waals surface area contributed by atoms with Crippen LogP contribution in [0.25, 0.3) is 0 Å². The number of piperazine rings is 1. The molecule has 0 aliphatic carbocycles.